The van der Waals surface area contributed by atoms with Gasteiger partial charge in [0.1, 0.15) is 10.9 Å². The van der Waals surface area contributed by atoms with E-state index in [-0.39, 0.29) is 91.1 Å². The summed E-state index contributed by atoms with van der Waals surface area (Å²) < 4.78 is 97.6. The molecule has 95 heavy (non-hydrogen) atoms. The quantitative estimate of drug-likeness (QED) is 0.0187. The molecule has 0 radical (unpaired) electrons. The molecule has 5 N–H and O–H groups in total. The lowest BCUT2D eigenvalue weighted by atomic mass is 9.73. The number of carbonyl (C=O) groups is 6. The van der Waals surface area contributed by atoms with E-state index in [2.05, 4.69) is 66.7 Å². The number of fused-ring (bicyclic) bond motifs is 1. The average Bonchev–Trinajstić information content (AvgIpc) is 1.73. The van der Waals surface area contributed by atoms with Gasteiger partial charge in [0.05, 0.1) is 48.1 Å². The molecule has 3 atom stereocenters. The highest BCUT2D eigenvalue weighted by Crippen LogP contribution is 2.43. The third kappa shape index (κ3) is 18.0. The zero-order chi connectivity index (χ0) is 67.4. The van der Waals surface area contributed by atoms with Crippen LogP contribution < -0.4 is 30.9 Å². The highest BCUT2D eigenvalue weighted by Gasteiger charge is 2.49. The van der Waals surface area contributed by atoms with Crippen molar-refractivity contribution in [1.82, 2.24) is 35.0 Å². The first-order valence-corrected chi connectivity index (χ1v) is 35.7. The lowest BCUT2D eigenvalue weighted by molar-refractivity contribution is -0.136. The van der Waals surface area contributed by atoms with E-state index in [1.54, 1.807) is 41.3 Å². The van der Waals surface area contributed by atoms with Crippen LogP contribution in [0, 0.1) is 5.41 Å². The molecular weight excluding hydrogens is 1310 g/mol. The minimum atomic E-state index is -6.02. The Balaban J connectivity index is 0.666. The number of benzene rings is 5. The van der Waals surface area contributed by atoms with E-state index in [4.69, 9.17) is 21.1 Å². The van der Waals surface area contributed by atoms with Crippen molar-refractivity contribution in [3.8, 4) is 0 Å². The lowest BCUT2D eigenvalue weighted by Gasteiger charge is -2.39. The van der Waals surface area contributed by atoms with Crippen LogP contribution in [0.1, 0.15) is 89.0 Å². The largest absolute Gasteiger partial charge is 0.501 e. The first kappa shape index (κ1) is 70.4. The Morgan fingerprint density at radius 3 is 2.18 bits per heavy atom. The summed E-state index contributed by atoms with van der Waals surface area (Å²) in [5.41, 5.74) is -0.0234. The Morgan fingerprint density at radius 1 is 0.789 bits per heavy atom. The number of sulfone groups is 1. The number of thioether (sulfide) groups is 1. The van der Waals surface area contributed by atoms with Crippen molar-refractivity contribution in [2.24, 2.45) is 5.41 Å². The fraction of sp³-hybridized carbons (Fsp3) is 0.433. The van der Waals surface area contributed by atoms with Crippen molar-refractivity contribution >= 4 is 102 Å². The summed E-state index contributed by atoms with van der Waals surface area (Å²) in [6.07, 6.45) is 3.57. The number of hydrogen-bond donors (Lipinski definition) is 5. The molecule has 0 spiro atoms. The van der Waals surface area contributed by atoms with Crippen LogP contribution in [0.15, 0.2) is 136 Å². The van der Waals surface area contributed by atoms with Crippen molar-refractivity contribution in [3.05, 3.63) is 148 Å². The standard InChI is InChI=1S/C67H78ClF3N10O11S3/c1-66(2)25-23-53(45-11-15-48(68)16-12-45)47(42-66)43-78-31-33-79(34-32-78)50-17-13-46(14-18-50)61(83)76-94(88)52-19-20-55(58(41-52)95(89,90)67(69,70)71)74-49(44-93-51-7-4-3-5-8-51)24-28-77-29-35-80(36-30-77)65(87)73-27-38-92-40-39-91-37-26-72-56-10-6-9-54-60(56)64(86)81(63(54)85)57-21-22-59(82)75-62(57)84/h3-20,41,49,57,72,74H,21-40,42-44H2,1-2H3,(H,73,87)(H,76,83)(H,75,82,84)/t49-,57?,94?/m1/s1. The molecule has 3 fully saturated rings. The second-order valence-electron chi connectivity index (χ2n) is 24.7. The molecule has 1 aliphatic carbocycles. The number of alkyl halides is 3. The van der Waals surface area contributed by atoms with Gasteiger partial charge >= 0.3 is 11.5 Å². The zero-order valence-electron chi connectivity index (χ0n) is 52.9. The first-order valence-electron chi connectivity index (χ1n) is 31.7. The van der Waals surface area contributed by atoms with Gasteiger partial charge < -0.3 is 35.2 Å². The molecule has 0 saturated carbocycles. The molecule has 2 unspecified atom stereocenters. The summed E-state index contributed by atoms with van der Waals surface area (Å²) >= 11 is 7.66. The van der Waals surface area contributed by atoms with Crippen LogP contribution in [0.3, 0.4) is 0 Å². The molecule has 7 amide bonds. The number of nitrogens with zero attached hydrogens (tertiary/aromatic N) is 5. The first-order chi connectivity index (χ1) is 45.5. The number of piperazine rings is 2. The van der Waals surface area contributed by atoms with E-state index in [0.29, 0.717) is 61.7 Å². The number of piperidine rings is 1. The predicted molar refractivity (Wildman–Crippen MR) is 359 cm³/mol. The highest BCUT2D eigenvalue weighted by atomic mass is 35.5. The molecule has 4 aliphatic heterocycles. The van der Waals surface area contributed by atoms with Crippen LogP contribution >= 0.6 is 23.4 Å². The molecule has 5 aromatic rings. The molecule has 21 nitrogen and oxygen atoms in total. The molecule has 508 valence electrons. The Labute approximate surface area is 562 Å². The second-order valence-corrected chi connectivity index (χ2v) is 29.3. The predicted octanol–water partition coefficient (Wildman–Crippen LogP) is 8.71. The zero-order valence-corrected chi connectivity index (χ0v) is 56.1. The summed E-state index contributed by atoms with van der Waals surface area (Å²) in [6, 6.07) is 30.1. The van der Waals surface area contributed by atoms with E-state index in [1.165, 1.54) is 40.6 Å². The molecule has 3 saturated heterocycles. The number of rotatable bonds is 27. The molecule has 28 heteroatoms. The van der Waals surface area contributed by atoms with Gasteiger partial charge in [-0.2, -0.15) is 13.2 Å². The van der Waals surface area contributed by atoms with Gasteiger partial charge in [-0.25, -0.2) is 17.4 Å². The van der Waals surface area contributed by atoms with Crippen LogP contribution in [0.4, 0.5) is 35.0 Å². The van der Waals surface area contributed by atoms with Crippen molar-refractivity contribution in [2.45, 2.75) is 84.7 Å². The Morgan fingerprint density at radius 2 is 1.48 bits per heavy atom. The Bertz CT molecular complexity index is 3780. The number of ether oxygens (including phenoxy) is 2. The van der Waals surface area contributed by atoms with Crippen LogP contribution in [0.2, 0.25) is 5.02 Å². The second kappa shape index (κ2) is 31.7. The normalized spacial score (nSPS) is 18.7. The number of anilines is 3. The summed E-state index contributed by atoms with van der Waals surface area (Å²) in [5.74, 6) is -2.81. The number of carbonyl (C=O) groups excluding carboxylic acids is 6. The van der Waals surface area contributed by atoms with Gasteiger partial charge in [-0.05, 0) is 128 Å². The fourth-order valence-electron chi connectivity index (χ4n) is 12.3. The maximum Gasteiger partial charge on any atom is 0.501 e. The van der Waals surface area contributed by atoms with Gasteiger partial charge in [-0.15, -0.1) is 11.8 Å². The van der Waals surface area contributed by atoms with E-state index >= 15 is 0 Å². The monoisotopic (exact) mass is 1390 g/mol. The van der Waals surface area contributed by atoms with Crippen molar-refractivity contribution < 1.29 is 64.0 Å². The molecule has 4 heterocycles. The highest BCUT2D eigenvalue weighted by molar-refractivity contribution is 7.99. The van der Waals surface area contributed by atoms with Crippen molar-refractivity contribution in [3.63, 3.8) is 0 Å². The molecular formula is C67H78ClF3N10O11S3. The van der Waals surface area contributed by atoms with Gasteiger partial charge in [0, 0.05) is 124 Å². The third-order valence-corrected chi connectivity index (χ3v) is 21.5. The van der Waals surface area contributed by atoms with Crippen LogP contribution in [0.5, 0.6) is 0 Å². The summed E-state index contributed by atoms with van der Waals surface area (Å²) in [6.45, 7) is 12.3. The topological polar surface area (TPSA) is 248 Å². The molecule has 0 aromatic heterocycles. The number of amides is 7. The average molecular weight is 1390 g/mol. The summed E-state index contributed by atoms with van der Waals surface area (Å²) in [5, 5.41) is 12.0. The molecule has 5 aliphatic rings. The molecule has 10 rings (SSSR count). The SMILES string of the molecule is CC1(C)CCC(c2ccc(Cl)cc2)=C(CN2CCN(c3ccc(C(=O)NS(=O)c4ccc(N[C@H](CCN5CCN(C(=O)NCCOCCOCCNc6cccc7c6C(=O)N(C6CCC(=O)NC6=O)C7=O)CC5)CSc5ccccc5)c(S(=O)(=O)C(F)(F)F)c4)cc3)CC2)C1. The number of allylic oxidation sites excluding steroid dienone is 1. The van der Waals surface area contributed by atoms with Gasteiger partial charge in [-0.3, -0.25) is 48.7 Å². The number of imide groups is 2. The summed E-state index contributed by atoms with van der Waals surface area (Å²) in [7, 11) is -8.48. The van der Waals surface area contributed by atoms with E-state index in [9.17, 15) is 54.6 Å². The minimum absolute atomic E-state index is 0.0167. The number of hydrogen-bond acceptors (Lipinski definition) is 17. The lowest BCUT2D eigenvalue weighted by Crippen LogP contribution is -2.54. The number of urea groups is 1. The van der Waals surface area contributed by atoms with Crippen LogP contribution in [-0.4, -0.2) is 196 Å². The van der Waals surface area contributed by atoms with E-state index in [1.807, 2.05) is 42.5 Å². The van der Waals surface area contributed by atoms with Crippen molar-refractivity contribution in [1.29, 1.82) is 0 Å². The van der Waals surface area contributed by atoms with E-state index in [0.717, 1.165) is 73.5 Å². The molecule has 0 bridgehead atoms. The van der Waals surface area contributed by atoms with Gasteiger partial charge in [0.2, 0.25) is 11.8 Å². The van der Waals surface area contributed by atoms with E-state index < -0.39 is 72.8 Å². The van der Waals surface area contributed by atoms with Gasteiger partial charge in [0.15, 0.2) is 11.0 Å². The van der Waals surface area contributed by atoms with Gasteiger partial charge in [0.25, 0.3) is 27.6 Å². The maximum atomic E-state index is 14.5. The third-order valence-electron chi connectivity index (χ3n) is 17.5. The Hall–Kier alpha value is -7.37. The maximum absolute atomic E-state index is 14.5. The van der Waals surface area contributed by atoms with Crippen LogP contribution in [0.25, 0.3) is 5.57 Å². The van der Waals surface area contributed by atoms with Gasteiger partial charge in [-0.1, -0.05) is 67.4 Å². The minimum Gasteiger partial charge on any atom is -0.382 e. The Kier molecular flexibility index (Phi) is 23.5. The number of nitrogens with one attached hydrogen (secondary N) is 5. The summed E-state index contributed by atoms with van der Waals surface area (Å²) in [4.78, 5) is 86.1. The smallest absolute Gasteiger partial charge is 0.382 e. The fourth-order valence-corrected chi connectivity index (χ4v) is 15.3. The van der Waals surface area contributed by atoms with Crippen LogP contribution in [-0.2, 0) is 39.9 Å². The van der Waals surface area contributed by atoms with Crippen molar-refractivity contribution in [2.75, 3.05) is 126 Å². The number of halogens is 4. The molecule has 5 aromatic carbocycles.